The van der Waals surface area contributed by atoms with E-state index in [4.69, 9.17) is 28.4 Å². The summed E-state index contributed by atoms with van der Waals surface area (Å²) in [5.41, 5.74) is 1.60. The maximum Gasteiger partial charge on any atom is 0.211 e. The third-order valence-electron chi connectivity index (χ3n) is 5.21. The van der Waals surface area contributed by atoms with Gasteiger partial charge in [-0.2, -0.15) is 0 Å². The second-order valence-electron chi connectivity index (χ2n) is 7.24. The van der Waals surface area contributed by atoms with Crippen LogP contribution in [0.3, 0.4) is 0 Å². The summed E-state index contributed by atoms with van der Waals surface area (Å²) in [6.07, 6.45) is 2.90. The number of aromatic hydroxyl groups is 1. The van der Waals surface area contributed by atoms with Gasteiger partial charge in [0.2, 0.25) is 17.2 Å². The maximum absolute atomic E-state index is 13.1. The van der Waals surface area contributed by atoms with E-state index < -0.39 is 11.5 Å². The second kappa shape index (κ2) is 11.7. The van der Waals surface area contributed by atoms with Crippen LogP contribution < -0.4 is 28.4 Å². The lowest BCUT2D eigenvalue weighted by Crippen LogP contribution is -2.06. The lowest BCUT2D eigenvalue weighted by molar-refractivity contribution is 0.104. The van der Waals surface area contributed by atoms with Gasteiger partial charge >= 0.3 is 0 Å². The molecule has 3 rings (SSSR count). The van der Waals surface area contributed by atoms with Crippen LogP contribution in [0.4, 0.5) is 0 Å². The number of carbonyl (C=O) groups is 1. The Morgan fingerprint density at radius 1 is 0.771 bits per heavy atom. The summed E-state index contributed by atoms with van der Waals surface area (Å²) in [7, 11) is 7.04. The van der Waals surface area contributed by atoms with Gasteiger partial charge in [-0.1, -0.05) is 42.5 Å². The molecule has 0 aromatic heterocycles. The molecule has 184 valence electrons. The summed E-state index contributed by atoms with van der Waals surface area (Å²) in [6.45, 7) is 0.394. The van der Waals surface area contributed by atoms with Crippen LogP contribution in [-0.2, 0) is 6.61 Å². The molecule has 0 saturated carbocycles. The van der Waals surface area contributed by atoms with Crippen molar-refractivity contribution in [2.24, 2.45) is 0 Å². The molecule has 35 heavy (non-hydrogen) atoms. The minimum absolute atomic E-state index is 0.0274. The molecule has 0 saturated heterocycles. The number of methoxy groups -OCH3 is 5. The highest BCUT2D eigenvalue weighted by Gasteiger charge is 2.30. The van der Waals surface area contributed by atoms with E-state index in [1.807, 2.05) is 30.3 Å². The van der Waals surface area contributed by atoms with E-state index in [9.17, 15) is 9.90 Å². The van der Waals surface area contributed by atoms with Crippen LogP contribution in [0.5, 0.6) is 40.2 Å². The average Bonchev–Trinajstić information content (AvgIpc) is 2.90. The molecule has 0 atom stereocenters. The second-order valence-corrected chi connectivity index (χ2v) is 7.24. The van der Waals surface area contributed by atoms with Gasteiger partial charge in [-0.15, -0.1) is 0 Å². The summed E-state index contributed by atoms with van der Waals surface area (Å²) in [4.78, 5) is 13.1. The monoisotopic (exact) mass is 480 g/mol. The van der Waals surface area contributed by atoms with Gasteiger partial charge in [0.15, 0.2) is 28.8 Å². The summed E-state index contributed by atoms with van der Waals surface area (Å²) in [5.74, 6) is 0.375. The van der Waals surface area contributed by atoms with E-state index in [0.717, 1.165) is 5.56 Å². The van der Waals surface area contributed by atoms with Gasteiger partial charge < -0.3 is 33.5 Å². The van der Waals surface area contributed by atoms with Crippen molar-refractivity contribution in [1.29, 1.82) is 0 Å². The molecule has 0 spiro atoms. The quantitative estimate of drug-likeness (QED) is 0.306. The summed E-state index contributed by atoms with van der Waals surface area (Å²) in [6, 6.07) is 15.1. The van der Waals surface area contributed by atoms with Gasteiger partial charge in [-0.3, -0.25) is 4.79 Å². The number of hydrogen-bond donors (Lipinski definition) is 1. The summed E-state index contributed by atoms with van der Waals surface area (Å²) < 4.78 is 32.6. The molecule has 0 fully saturated rings. The standard InChI is InChI=1S/C27H28O8/c1-30-21-15-17(12-14-20(21)35-16-18-9-7-6-8-10-18)11-13-19(28)22-23(29)25(32-3)27(34-5)26(33-4)24(22)31-2/h6-15,29H,16H2,1-5H3. The minimum atomic E-state index is -0.526. The molecule has 0 amide bonds. The predicted molar refractivity (Wildman–Crippen MR) is 131 cm³/mol. The molecular formula is C27H28O8. The molecule has 0 heterocycles. The molecule has 3 aromatic carbocycles. The first kappa shape index (κ1) is 25.3. The summed E-state index contributed by atoms with van der Waals surface area (Å²) >= 11 is 0. The Morgan fingerprint density at radius 2 is 1.40 bits per heavy atom. The van der Waals surface area contributed by atoms with Crippen molar-refractivity contribution in [3.8, 4) is 40.2 Å². The molecular weight excluding hydrogens is 452 g/mol. The van der Waals surface area contributed by atoms with Crippen LogP contribution in [0.2, 0.25) is 0 Å². The zero-order chi connectivity index (χ0) is 25.4. The lowest BCUT2D eigenvalue weighted by Gasteiger charge is -2.19. The number of allylic oxidation sites excluding steroid dienone is 1. The van der Waals surface area contributed by atoms with Crippen LogP contribution in [0.25, 0.3) is 6.08 Å². The Bertz CT molecular complexity index is 1200. The Labute approximate surface area is 204 Å². The van der Waals surface area contributed by atoms with Crippen molar-refractivity contribution in [3.63, 3.8) is 0 Å². The van der Waals surface area contributed by atoms with E-state index in [-0.39, 0.29) is 28.6 Å². The number of phenols is 1. The van der Waals surface area contributed by atoms with Gasteiger partial charge in [0, 0.05) is 0 Å². The van der Waals surface area contributed by atoms with Crippen LogP contribution in [0.15, 0.2) is 54.6 Å². The largest absolute Gasteiger partial charge is 0.504 e. The smallest absolute Gasteiger partial charge is 0.211 e. The topological polar surface area (TPSA) is 92.7 Å². The fourth-order valence-corrected chi connectivity index (χ4v) is 3.53. The molecule has 8 nitrogen and oxygen atoms in total. The highest BCUT2D eigenvalue weighted by Crippen LogP contribution is 2.53. The average molecular weight is 481 g/mol. The molecule has 3 aromatic rings. The number of benzene rings is 3. The maximum atomic E-state index is 13.1. The Kier molecular flexibility index (Phi) is 8.45. The first-order valence-corrected chi connectivity index (χ1v) is 10.6. The molecule has 0 aliphatic heterocycles. The van der Waals surface area contributed by atoms with Crippen molar-refractivity contribution in [3.05, 3.63) is 71.3 Å². The molecule has 1 N–H and O–H groups in total. The lowest BCUT2D eigenvalue weighted by atomic mass is 10.0. The first-order chi connectivity index (χ1) is 17.0. The summed E-state index contributed by atoms with van der Waals surface area (Å²) in [5, 5.41) is 10.7. The molecule has 0 aliphatic rings. The highest BCUT2D eigenvalue weighted by atomic mass is 16.5. The Morgan fingerprint density at radius 3 is 2.00 bits per heavy atom. The van der Waals surface area contributed by atoms with Gasteiger partial charge in [0.05, 0.1) is 35.5 Å². The Hall–Kier alpha value is -4.33. The van der Waals surface area contributed by atoms with Crippen LogP contribution in [-0.4, -0.2) is 46.4 Å². The third kappa shape index (κ3) is 5.43. The van der Waals surface area contributed by atoms with Crippen molar-refractivity contribution in [2.45, 2.75) is 6.61 Å². The highest BCUT2D eigenvalue weighted by molar-refractivity contribution is 6.12. The number of ketones is 1. The van der Waals surface area contributed by atoms with Crippen LogP contribution in [0, 0.1) is 0 Å². The molecule has 8 heteroatoms. The zero-order valence-electron chi connectivity index (χ0n) is 20.3. The first-order valence-electron chi connectivity index (χ1n) is 10.6. The molecule has 0 radical (unpaired) electrons. The predicted octanol–water partition coefficient (Wildman–Crippen LogP) is 4.91. The van der Waals surface area contributed by atoms with E-state index in [1.54, 1.807) is 31.4 Å². The van der Waals surface area contributed by atoms with Crippen molar-refractivity contribution < 1.29 is 38.3 Å². The third-order valence-corrected chi connectivity index (χ3v) is 5.21. The van der Waals surface area contributed by atoms with E-state index in [0.29, 0.717) is 23.7 Å². The van der Waals surface area contributed by atoms with E-state index >= 15 is 0 Å². The number of hydrogen-bond acceptors (Lipinski definition) is 8. The van der Waals surface area contributed by atoms with Crippen molar-refractivity contribution in [2.75, 3.05) is 35.5 Å². The van der Waals surface area contributed by atoms with Crippen molar-refractivity contribution in [1.82, 2.24) is 0 Å². The molecule has 0 bridgehead atoms. The van der Waals surface area contributed by atoms with E-state index in [1.165, 1.54) is 34.5 Å². The Balaban J connectivity index is 1.89. The number of carbonyl (C=O) groups excluding carboxylic acids is 1. The normalized spacial score (nSPS) is 10.7. The fraction of sp³-hybridized carbons (Fsp3) is 0.222. The number of phenolic OH excluding ortho intramolecular Hbond substituents is 1. The van der Waals surface area contributed by atoms with E-state index in [2.05, 4.69) is 0 Å². The van der Waals surface area contributed by atoms with Crippen LogP contribution in [0.1, 0.15) is 21.5 Å². The van der Waals surface area contributed by atoms with Gasteiger partial charge in [-0.25, -0.2) is 0 Å². The number of ether oxygens (including phenoxy) is 6. The SMILES string of the molecule is COc1cc(C=CC(=O)c2c(O)c(OC)c(OC)c(OC)c2OC)ccc1OCc1ccccc1. The minimum Gasteiger partial charge on any atom is -0.504 e. The van der Waals surface area contributed by atoms with Gasteiger partial charge in [0.25, 0.3) is 0 Å². The molecule has 0 aliphatic carbocycles. The molecule has 0 unspecified atom stereocenters. The van der Waals surface area contributed by atoms with Gasteiger partial charge in [-0.05, 0) is 29.3 Å². The fourth-order valence-electron chi connectivity index (χ4n) is 3.53. The zero-order valence-corrected chi connectivity index (χ0v) is 20.3. The number of rotatable bonds is 11. The van der Waals surface area contributed by atoms with Crippen LogP contribution >= 0.6 is 0 Å². The van der Waals surface area contributed by atoms with Crippen molar-refractivity contribution >= 4 is 11.9 Å². The van der Waals surface area contributed by atoms with Gasteiger partial charge in [0.1, 0.15) is 12.2 Å².